The number of amides is 1. The van der Waals surface area contributed by atoms with Crippen molar-refractivity contribution in [2.75, 3.05) is 13.2 Å². The second-order valence-corrected chi connectivity index (χ2v) is 7.11. The maximum atomic E-state index is 12.6. The van der Waals surface area contributed by atoms with Gasteiger partial charge in [-0.1, -0.05) is 12.1 Å². The maximum absolute atomic E-state index is 12.6. The average molecular weight is 418 g/mol. The second kappa shape index (κ2) is 10.5. The lowest BCUT2D eigenvalue weighted by atomic mass is 9.97. The van der Waals surface area contributed by atoms with Crippen molar-refractivity contribution in [1.29, 1.82) is 0 Å². The number of aromatic nitrogens is 2. The van der Waals surface area contributed by atoms with Gasteiger partial charge in [-0.25, -0.2) is 0 Å². The molecule has 5 N–H and O–H groups in total. The van der Waals surface area contributed by atoms with Gasteiger partial charge in [-0.15, -0.1) is 0 Å². The van der Waals surface area contributed by atoms with E-state index in [0.717, 1.165) is 11.4 Å². The van der Waals surface area contributed by atoms with Crippen molar-refractivity contribution < 1.29 is 30.0 Å². The number of hydrogen-bond donors (Lipinski definition) is 5. The first-order valence-electron chi connectivity index (χ1n) is 9.60. The van der Waals surface area contributed by atoms with Gasteiger partial charge in [0.1, 0.15) is 24.4 Å². The SMILES string of the molecule is O=C(CN(Cc1ccccn1)Cc1ccccn1)N[C@@H]1C(O)[C@@H](O)C(CO)O[C@@H]1O. The summed E-state index contributed by atoms with van der Waals surface area (Å²) in [6, 6.07) is 9.77. The van der Waals surface area contributed by atoms with Crippen molar-refractivity contribution in [1.82, 2.24) is 20.2 Å². The van der Waals surface area contributed by atoms with E-state index in [0.29, 0.717) is 13.1 Å². The third-order valence-corrected chi connectivity index (χ3v) is 4.82. The average Bonchev–Trinajstić information content (AvgIpc) is 2.75. The number of carbonyl (C=O) groups excluding carboxylic acids is 1. The number of aliphatic hydroxyl groups excluding tert-OH is 4. The van der Waals surface area contributed by atoms with Gasteiger partial charge in [0.25, 0.3) is 0 Å². The highest BCUT2D eigenvalue weighted by Gasteiger charge is 2.44. The van der Waals surface area contributed by atoms with Crippen molar-refractivity contribution in [2.24, 2.45) is 0 Å². The van der Waals surface area contributed by atoms with E-state index in [4.69, 9.17) is 9.84 Å². The molecule has 0 aliphatic carbocycles. The lowest BCUT2D eigenvalue weighted by Gasteiger charge is -2.40. The summed E-state index contributed by atoms with van der Waals surface area (Å²) in [5.74, 6) is -0.483. The normalized spacial score (nSPS) is 26.5. The quantitative estimate of drug-likeness (QED) is 0.342. The molecular formula is C20H26N4O6. The Morgan fingerprint density at radius 1 is 1.00 bits per heavy atom. The van der Waals surface area contributed by atoms with Gasteiger partial charge < -0.3 is 30.5 Å². The predicted molar refractivity (Wildman–Crippen MR) is 104 cm³/mol. The monoisotopic (exact) mass is 418 g/mol. The van der Waals surface area contributed by atoms with Crippen LogP contribution in [0.2, 0.25) is 0 Å². The first-order chi connectivity index (χ1) is 14.5. The number of pyridine rings is 2. The zero-order chi connectivity index (χ0) is 21.5. The van der Waals surface area contributed by atoms with Gasteiger partial charge in [0.2, 0.25) is 5.91 Å². The molecule has 10 nitrogen and oxygen atoms in total. The predicted octanol–water partition coefficient (Wildman–Crippen LogP) is -1.61. The topological polar surface area (TPSA) is 148 Å². The highest BCUT2D eigenvalue weighted by molar-refractivity contribution is 5.78. The standard InChI is InChI=1S/C20H26N4O6/c25-12-15-18(27)19(28)17(20(29)30-15)23-16(26)11-24(9-13-5-1-3-7-21-13)10-14-6-2-4-8-22-14/h1-8,15,17-20,25,27-29H,9-12H2,(H,23,26)/t15?,17-,18+,19?,20+/m1/s1. The number of carbonyl (C=O) groups is 1. The first kappa shape index (κ1) is 22.2. The number of hydrogen-bond acceptors (Lipinski definition) is 9. The number of aliphatic hydroxyl groups is 4. The summed E-state index contributed by atoms with van der Waals surface area (Å²) in [5.41, 5.74) is 1.53. The van der Waals surface area contributed by atoms with E-state index in [1.54, 1.807) is 24.5 Å². The first-order valence-corrected chi connectivity index (χ1v) is 9.60. The highest BCUT2D eigenvalue weighted by Crippen LogP contribution is 2.19. The van der Waals surface area contributed by atoms with Crippen LogP contribution in [0.1, 0.15) is 11.4 Å². The maximum Gasteiger partial charge on any atom is 0.234 e. The lowest BCUT2D eigenvalue weighted by Crippen LogP contribution is -2.64. The molecule has 162 valence electrons. The van der Waals surface area contributed by atoms with Crippen molar-refractivity contribution in [2.45, 2.75) is 43.7 Å². The van der Waals surface area contributed by atoms with Crippen LogP contribution in [0.5, 0.6) is 0 Å². The van der Waals surface area contributed by atoms with Crippen LogP contribution in [0.25, 0.3) is 0 Å². The van der Waals surface area contributed by atoms with E-state index >= 15 is 0 Å². The molecule has 0 spiro atoms. The Balaban J connectivity index is 1.66. The fourth-order valence-electron chi connectivity index (χ4n) is 3.30. The Hall–Kier alpha value is -2.47. The molecule has 1 aliphatic heterocycles. The van der Waals surface area contributed by atoms with E-state index in [1.807, 2.05) is 29.2 Å². The van der Waals surface area contributed by atoms with E-state index < -0.39 is 43.2 Å². The molecule has 2 aromatic rings. The Kier molecular flexibility index (Phi) is 7.80. The summed E-state index contributed by atoms with van der Waals surface area (Å²) >= 11 is 0. The molecule has 2 aromatic heterocycles. The van der Waals surface area contributed by atoms with Crippen LogP contribution >= 0.6 is 0 Å². The van der Waals surface area contributed by atoms with E-state index in [1.165, 1.54) is 0 Å². The fourth-order valence-corrected chi connectivity index (χ4v) is 3.30. The van der Waals surface area contributed by atoms with Crippen molar-refractivity contribution in [3.05, 3.63) is 60.2 Å². The van der Waals surface area contributed by atoms with Gasteiger partial charge in [0.15, 0.2) is 6.29 Å². The van der Waals surface area contributed by atoms with Crippen LogP contribution in [0.3, 0.4) is 0 Å². The van der Waals surface area contributed by atoms with Crippen molar-refractivity contribution >= 4 is 5.91 Å². The van der Waals surface area contributed by atoms with E-state index in [9.17, 15) is 20.1 Å². The molecule has 0 aromatic carbocycles. The van der Waals surface area contributed by atoms with Crippen LogP contribution < -0.4 is 5.32 Å². The summed E-state index contributed by atoms with van der Waals surface area (Å²) in [7, 11) is 0. The summed E-state index contributed by atoms with van der Waals surface area (Å²) in [6.45, 7) is 0.124. The minimum absolute atomic E-state index is 0.0669. The molecule has 3 heterocycles. The van der Waals surface area contributed by atoms with Gasteiger partial charge in [0, 0.05) is 25.5 Å². The molecule has 0 saturated carbocycles. The summed E-state index contributed by atoms with van der Waals surface area (Å²) in [4.78, 5) is 23.0. The molecule has 1 aliphatic rings. The highest BCUT2D eigenvalue weighted by atomic mass is 16.6. The van der Waals surface area contributed by atoms with Gasteiger partial charge in [-0.05, 0) is 24.3 Å². The number of rotatable bonds is 8. The lowest BCUT2D eigenvalue weighted by molar-refractivity contribution is -0.253. The largest absolute Gasteiger partial charge is 0.394 e. The molecule has 30 heavy (non-hydrogen) atoms. The van der Waals surface area contributed by atoms with Gasteiger partial charge in [-0.2, -0.15) is 0 Å². The third kappa shape index (κ3) is 5.79. The minimum atomic E-state index is -1.57. The van der Waals surface area contributed by atoms with Crippen LogP contribution in [0, 0.1) is 0 Å². The van der Waals surface area contributed by atoms with Gasteiger partial charge in [0.05, 0.1) is 24.5 Å². The molecule has 0 bridgehead atoms. The number of nitrogens with zero attached hydrogens (tertiary/aromatic N) is 3. The van der Waals surface area contributed by atoms with Crippen LogP contribution in [0.15, 0.2) is 48.8 Å². The molecule has 3 rings (SSSR count). The molecule has 5 atom stereocenters. The number of ether oxygens (including phenoxy) is 1. The Morgan fingerprint density at radius 3 is 2.10 bits per heavy atom. The zero-order valence-corrected chi connectivity index (χ0v) is 16.3. The number of nitrogens with one attached hydrogen (secondary N) is 1. The van der Waals surface area contributed by atoms with E-state index in [2.05, 4.69) is 15.3 Å². The van der Waals surface area contributed by atoms with Crippen molar-refractivity contribution in [3.8, 4) is 0 Å². The molecule has 0 radical (unpaired) electrons. The fraction of sp³-hybridized carbons (Fsp3) is 0.450. The van der Waals surface area contributed by atoms with Crippen molar-refractivity contribution in [3.63, 3.8) is 0 Å². The smallest absolute Gasteiger partial charge is 0.234 e. The second-order valence-electron chi connectivity index (χ2n) is 7.11. The Labute approximate surface area is 173 Å². The molecule has 1 fully saturated rings. The molecule has 1 amide bonds. The van der Waals surface area contributed by atoms with Gasteiger partial charge in [-0.3, -0.25) is 19.7 Å². The third-order valence-electron chi connectivity index (χ3n) is 4.82. The van der Waals surface area contributed by atoms with Crippen LogP contribution in [-0.2, 0) is 22.6 Å². The van der Waals surface area contributed by atoms with E-state index in [-0.39, 0.29) is 6.54 Å². The Morgan fingerprint density at radius 2 is 1.60 bits per heavy atom. The minimum Gasteiger partial charge on any atom is -0.394 e. The van der Waals surface area contributed by atoms with Crippen LogP contribution in [0.4, 0.5) is 0 Å². The molecule has 1 saturated heterocycles. The summed E-state index contributed by atoms with van der Waals surface area (Å²) < 4.78 is 5.08. The Bertz CT molecular complexity index is 755. The molecule has 2 unspecified atom stereocenters. The van der Waals surface area contributed by atoms with Gasteiger partial charge >= 0.3 is 0 Å². The summed E-state index contributed by atoms with van der Waals surface area (Å²) in [5, 5.41) is 41.9. The molecule has 10 heteroatoms. The summed E-state index contributed by atoms with van der Waals surface area (Å²) in [6.07, 6.45) is -2.30. The molecular weight excluding hydrogens is 392 g/mol. The zero-order valence-electron chi connectivity index (χ0n) is 16.3. The van der Waals surface area contributed by atoms with Crippen LogP contribution in [-0.4, -0.2) is 85.0 Å².